The maximum atomic E-state index is 12.4. The monoisotopic (exact) mass is 238 g/mol. The van der Waals surface area contributed by atoms with E-state index in [2.05, 4.69) is 32.7 Å². The van der Waals surface area contributed by atoms with Crippen molar-refractivity contribution in [2.75, 3.05) is 13.1 Å². The molecule has 1 fully saturated rings. The molecule has 0 saturated carbocycles. The number of nitrogens with one attached hydrogen (secondary N) is 1. The summed E-state index contributed by atoms with van der Waals surface area (Å²) in [5, 5.41) is 3.35. The molecule has 3 heteroatoms. The van der Waals surface area contributed by atoms with Gasteiger partial charge in [0.25, 0.3) is 0 Å². The summed E-state index contributed by atoms with van der Waals surface area (Å²) in [6, 6.07) is 0.250. The van der Waals surface area contributed by atoms with E-state index in [-0.39, 0.29) is 18.0 Å². The van der Waals surface area contributed by atoms with E-state index in [9.17, 15) is 4.79 Å². The van der Waals surface area contributed by atoms with Crippen LogP contribution in [0.4, 0.5) is 0 Å². The second kappa shape index (κ2) is 6.80. The molecular formula is C14H26N2O. The van der Waals surface area contributed by atoms with Gasteiger partial charge in [0.1, 0.15) is 0 Å². The Morgan fingerprint density at radius 1 is 1.59 bits per heavy atom. The van der Waals surface area contributed by atoms with Gasteiger partial charge in [-0.05, 0) is 39.2 Å². The van der Waals surface area contributed by atoms with Crippen molar-refractivity contribution in [2.45, 2.75) is 52.1 Å². The summed E-state index contributed by atoms with van der Waals surface area (Å²) in [6.45, 7) is 11.7. The quantitative estimate of drug-likeness (QED) is 0.745. The fourth-order valence-corrected chi connectivity index (χ4v) is 2.45. The van der Waals surface area contributed by atoms with E-state index in [1.54, 1.807) is 6.08 Å². The molecule has 1 aliphatic heterocycles. The van der Waals surface area contributed by atoms with Gasteiger partial charge in [-0.15, -0.1) is 6.58 Å². The summed E-state index contributed by atoms with van der Waals surface area (Å²) in [4.78, 5) is 14.3. The lowest BCUT2D eigenvalue weighted by atomic mass is 9.89. The minimum Gasteiger partial charge on any atom is -0.335 e. The Labute approximate surface area is 105 Å². The van der Waals surface area contributed by atoms with E-state index in [0.29, 0.717) is 12.5 Å². The van der Waals surface area contributed by atoms with Crippen LogP contribution in [-0.2, 0) is 4.79 Å². The van der Waals surface area contributed by atoms with E-state index in [4.69, 9.17) is 0 Å². The van der Waals surface area contributed by atoms with Gasteiger partial charge >= 0.3 is 0 Å². The smallest absolute Gasteiger partial charge is 0.240 e. The lowest BCUT2D eigenvalue weighted by molar-refractivity contribution is -0.135. The Hall–Kier alpha value is -0.830. The predicted molar refractivity (Wildman–Crippen MR) is 71.9 cm³/mol. The van der Waals surface area contributed by atoms with Gasteiger partial charge in [-0.25, -0.2) is 0 Å². The zero-order valence-electron chi connectivity index (χ0n) is 11.4. The summed E-state index contributed by atoms with van der Waals surface area (Å²) in [7, 11) is 0. The van der Waals surface area contributed by atoms with Crippen molar-refractivity contribution in [3.05, 3.63) is 12.7 Å². The third-order valence-corrected chi connectivity index (χ3v) is 3.62. The van der Waals surface area contributed by atoms with Gasteiger partial charge in [0, 0.05) is 12.6 Å². The first kappa shape index (κ1) is 14.2. The minimum absolute atomic E-state index is 0.0102. The largest absolute Gasteiger partial charge is 0.335 e. The van der Waals surface area contributed by atoms with E-state index >= 15 is 0 Å². The maximum absolute atomic E-state index is 12.4. The molecule has 3 nitrogen and oxygen atoms in total. The number of piperidine rings is 1. The molecule has 0 aliphatic carbocycles. The molecule has 2 unspecified atom stereocenters. The van der Waals surface area contributed by atoms with Crippen LogP contribution in [0.15, 0.2) is 12.7 Å². The topological polar surface area (TPSA) is 32.3 Å². The molecule has 1 saturated heterocycles. The molecule has 0 aromatic rings. The average Bonchev–Trinajstić information content (AvgIpc) is 2.34. The van der Waals surface area contributed by atoms with Crippen molar-refractivity contribution in [1.82, 2.24) is 10.2 Å². The highest BCUT2D eigenvalue weighted by Crippen LogP contribution is 2.21. The van der Waals surface area contributed by atoms with Crippen molar-refractivity contribution in [2.24, 2.45) is 5.92 Å². The third kappa shape index (κ3) is 3.84. The summed E-state index contributed by atoms with van der Waals surface area (Å²) >= 11 is 0. The summed E-state index contributed by atoms with van der Waals surface area (Å²) in [5.74, 6) is 0.931. The van der Waals surface area contributed by atoms with Gasteiger partial charge in [0.2, 0.25) is 5.91 Å². The Morgan fingerprint density at radius 3 is 2.82 bits per heavy atom. The van der Waals surface area contributed by atoms with E-state index in [1.807, 2.05) is 4.90 Å². The Kier molecular flexibility index (Phi) is 5.69. The molecule has 0 aromatic heterocycles. The molecule has 1 N–H and O–H groups in total. The first-order chi connectivity index (χ1) is 8.10. The molecule has 1 rings (SSSR count). The van der Waals surface area contributed by atoms with Gasteiger partial charge in [-0.2, -0.15) is 0 Å². The zero-order chi connectivity index (χ0) is 12.8. The lowest BCUT2D eigenvalue weighted by Gasteiger charge is -2.34. The highest BCUT2D eigenvalue weighted by molar-refractivity contribution is 5.82. The highest BCUT2D eigenvalue weighted by Gasteiger charge is 2.29. The number of rotatable bonds is 5. The first-order valence-electron chi connectivity index (χ1n) is 6.74. The molecule has 0 bridgehead atoms. The Balaban J connectivity index is 2.62. The summed E-state index contributed by atoms with van der Waals surface area (Å²) in [6.07, 6.45) is 5.16. The van der Waals surface area contributed by atoms with Gasteiger partial charge in [-0.3, -0.25) is 4.79 Å². The van der Waals surface area contributed by atoms with Crippen LogP contribution < -0.4 is 5.32 Å². The molecule has 2 atom stereocenters. The van der Waals surface area contributed by atoms with Gasteiger partial charge < -0.3 is 10.2 Å². The molecule has 1 heterocycles. The maximum Gasteiger partial charge on any atom is 0.240 e. The first-order valence-corrected chi connectivity index (χ1v) is 6.74. The number of hydrogen-bond donors (Lipinski definition) is 1. The molecule has 0 aromatic carbocycles. The molecule has 1 aliphatic rings. The number of nitrogens with zero attached hydrogens (tertiary/aromatic N) is 1. The third-order valence-electron chi connectivity index (χ3n) is 3.62. The minimum atomic E-state index is 0.0102. The SMILES string of the molecule is C=CCN(C(=O)C1CC(CC)CCN1)C(C)C. The number of amides is 1. The molecule has 98 valence electrons. The van der Waals surface area contributed by atoms with E-state index in [0.717, 1.165) is 13.0 Å². The van der Waals surface area contributed by atoms with Crippen molar-refractivity contribution in [3.8, 4) is 0 Å². The molecule has 0 spiro atoms. The summed E-state index contributed by atoms with van der Waals surface area (Å²) < 4.78 is 0. The van der Waals surface area contributed by atoms with Crippen LogP contribution in [0.25, 0.3) is 0 Å². The van der Waals surface area contributed by atoms with Gasteiger partial charge in [0.05, 0.1) is 6.04 Å². The van der Waals surface area contributed by atoms with Crippen LogP contribution in [0.1, 0.15) is 40.0 Å². The molecule has 17 heavy (non-hydrogen) atoms. The van der Waals surface area contributed by atoms with Crippen molar-refractivity contribution >= 4 is 5.91 Å². The van der Waals surface area contributed by atoms with Gasteiger partial charge in [0.15, 0.2) is 0 Å². The van der Waals surface area contributed by atoms with Crippen LogP contribution >= 0.6 is 0 Å². The second-order valence-corrected chi connectivity index (χ2v) is 5.18. The zero-order valence-corrected chi connectivity index (χ0v) is 11.4. The average molecular weight is 238 g/mol. The van der Waals surface area contributed by atoms with Crippen LogP contribution in [0.2, 0.25) is 0 Å². The molecular weight excluding hydrogens is 212 g/mol. The lowest BCUT2D eigenvalue weighted by Crippen LogP contribution is -2.52. The van der Waals surface area contributed by atoms with Gasteiger partial charge in [-0.1, -0.05) is 19.4 Å². The second-order valence-electron chi connectivity index (χ2n) is 5.18. The Bertz CT molecular complexity index is 263. The van der Waals surface area contributed by atoms with Crippen molar-refractivity contribution in [3.63, 3.8) is 0 Å². The van der Waals surface area contributed by atoms with E-state index < -0.39 is 0 Å². The highest BCUT2D eigenvalue weighted by atomic mass is 16.2. The van der Waals surface area contributed by atoms with Crippen LogP contribution in [0.3, 0.4) is 0 Å². The standard InChI is InChI=1S/C14H26N2O/c1-5-9-16(11(3)4)14(17)13-10-12(6-2)7-8-15-13/h5,11-13,15H,1,6-10H2,2-4H3. The van der Waals surface area contributed by atoms with Crippen molar-refractivity contribution in [1.29, 1.82) is 0 Å². The fraction of sp³-hybridized carbons (Fsp3) is 0.786. The molecule has 1 amide bonds. The van der Waals surface area contributed by atoms with Crippen molar-refractivity contribution < 1.29 is 4.79 Å². The van der Waals surface area contributed by atoms with Crippen LogP contribution in [0.5, 0.6) is 0 Å². The normalized spacial score (nSPS) is 24.7. The summed E-state index contributed by atoms with van der Waals surface area (Å²) in [5.41, 5.74) is 0. The fourth-order valence-electron chi connectivity index (χ4n) is 2.45. The number of carbonyl (C=O) groups is 1. The Morgan fingerprint density at radius 2 is 2.29 bits per heavy atom. The van der Waals surface area contributed by atoms with E-state index in [1.165, 1.54) is 12.8 Å². The predicted octanol–water partition coefficient (Wildman–Crippen LogP) is 2.19. The van der Waals surface area contributed by atoms with Crippen LogP contribution in [0, 0.1) is 5.92 Å². The van der Waals surface area contributed by atoms with Crippen LogP contribution in [-0.4, -0.2) is 36.0 Å². The number of hydrogen-bond acceptors (Lipinski definition) is 2. The number of carbonyl (C=O) groups excluding carboxylic acids is 1. The molecule has 0 radical (unpaired) electrons.